The zero-order valence-electron chi connectivity index (χ0n) is 59.3. The summed E-state index contributed by atoms with van der Waals surface area (Å²) < 4.78 is 43.9. The summed E-state index contributed by atoms with van der Waals surface area (Å²) in [6.07, 6.45) is 20.5. The normalized spacial score (nSPS) is 12.0. The molecule has 13 rings (SSSR count). The van der Waals surface area contributed by atoms with Gasteiger partial charge in [0.2, 0.25) is 0 Å². The fraction of sp³-hybridized carbons (Fsp3) is 0.378. The molecule has 0 saturated heterocycles. The predicted octanol–water partition coefficient (Wildman–Crippen LogP) is 19.7. The Morgan fingerprint density at radius 1 is 0.220 bits per heavy atom. The van der Waals surface area contributed by atoms with Gasteiger partial charge < -0.3 is 46.7 Å². The van der Waals surface area contributed by atoms with Crippen LogP contribution in [0.3, 0.4) is 0 Å². The van der Waals surface area contributed by atoms with Crippen LogP contribution in [0.1, 0.15) is 161 Å². The van der Waals surface area contributed by atoms with Crippen LogP contribution in [0.2, 0.25) is 0 Å². The van der Waals surface area contributed by atoms with Gasteiger partial charge in [0.05, 0.1) is 66.1 Å². The third kappa shape index (κ3) is 16.7. The first-order valence-corrected chi connectivity index (χ1v) is 37.1. The lowest BCUT2D eigenvalue weighted by molar-refractivity contribution is 0.0234. The molecular weight excluding hydrogens is 1230 g/mol. The van der Waals surface area contributed by atoms with Gasteiger partial charge in [-0.1, -0.05) is 151 Å². The summed E-state index contributed by atoms with van der Waals surface area (Å²) in [5, 5.41) is 9.30. The molecule has 0 amide bonds. The van der Waals surface area contributed by atoms with Gasteiger partial charge in [0.15, 0.2) is 0 Å². The number of fused-ring (bicyclic) bond motifs is 8. The SMILES string of the molecule is CCCCCCCCCCn1c2ccc3cc2c2cc(ccc21)C#Cc1ccc2c(c1)c1cc(ccc1n2CCOCCOCCOC)C#Cc1ccc2c(c1)c1cc(ccc1n2CCOCCOCCOC)C#Cc1ccc2c(c1)c1cc(ccc1n2CCCCCCCCCC)C#C3. The first-order valence-electron chi connectivity index (χ1n) is 37.1. The maximum absolute atomic E-state index is 6.16. The minimum absolute atomic E-state index is 0.507. The molecular formula is C90H96N4O6. The molecule has 0 aliphatic heterocycles. The molecule has 512 valence electrons. The molecule has 0 radical (unpaired) electrons. The van der Waals surface area contributed by atoms with E-state index in [0.717, 1.165) is 114 Å². The molecule has 4 heterocycles. The number of methoxy groups -OCH3 is 2. The van der Waals surface area contributed by atoms with Crippen LogP contribution >= 0.6 is 0 Å². The highest BCUT2D eigenvalue weighted by molar-refractivity contribution is 6.12. The minimum Gasteiger partial charge on any atom is -0.382 e. The van der Waals surface area contributed by atoms with E-state index in [1.165, 1.54) is 134 Å². The lowest BCUT2D eigenvalue weighted by Gasteiger charge is -2.09. The Hall–Kier alpha value is -9.04. The topological polar surface area (TPSA) is 75.1 Å². The fourth-order valence-corrected chi connectivity index (χ4v) is 14.6. The Morgan fingerprint density at radius 2 is 0.410 bits per heavy atom. The molecule has 0 unspecified atom stereocenters. The second kappa shape index (κ2) is 34.8. The van der Waals surface area contributed by atoms with Crippen LogP contribution in [-0.4, -0.2) is 98.6 Å². The van der Waals surface area contributed by atoms with E-state index in [2.05, 4.69) is 225 Å². The van der Waals surface area contributed by atoms with Crippen molar-refractivity contribution in [3.8, 4) is 47.4 Å². The van der Waals surface area contributed by atoms with Crippen molar-refractivity contribution in [2.75, 3.05) is 80.3 Å². The third-order valence-corrected chi connectivity index (χ3v) is 19.9. The molecule has 0 spiro atoms. The van der Waals surface area contributed by atoms with E-state index in [4.69, 9.17) is 28.4 Å². The average Bonchev–Trinajstić information content (AvgIpc) is 1.63. The lowest BCUT2D eigenvalue weighted by Crippen LogP contribution is -2.11. The minimum atomic E-state index is 0.507. The van der Waals surface area contributed by atoms with E-state index < -0.39 is 0 Å². The smallest absolute Gasteiger partial charge is 0.0701 e. The number of rotatable bonds is 36. The van der Waals surface area contributed by atoms with Crippen molar-refractivity contribution in [3.05, 3.63) is 190 Å². The highest BCUT2D eigenvalue weighted by Gasteiger charge is 2.18. The number of unbranched alkanes of at least 4 members (excludes halogenated alkanes) is 14. The van der Waals surface area contributed by atoms with Crippen molar-refractivity contribution in [3.63, 3.8) is 0 Å². The van der Waals surface area contributed by atoms with Gasteiger partial charge in [0.1, 0.15) is 0 Å². The molecule has 0 fully saturated rings. The molecule has 4 aromatic heterocycles. The Kier molecular flexibility index (Phi) is 24.2. The zero-order valence-corrected chi connectivity index (χ0v) is 59.3. The van der Waals surface area contributed by atoms with Gasteiger partial charge in [-0.05, 0) is 158 Å². The largest absolute Gasteiger partial charge is 0.382 e. The highest BCUT2D eigenvalue weighted by atomic mass is 16.5. The quantitative estimate of drug-likeness (QED) is 0.0288. The second-order valence-corrected chi connectivity index (χ2v) is 26.8. The molecule has 0 atom stereocenters. The van der Waals surface area contributed by atoms with Crippen LogP contribution in [0, 0.1) is 47.4 Å². The van der Waals surface area contributed by atoms with Crippen molar-refractivity contribution in [1.29, 1.82) is 0 Å². The molecule has 12 aromatic rings. The molecule has 10 nitrogen and oxygen atoms in total. The van der Waals surface area contributed by atoms with Gasteiger partial charge in [0, 0.05) is 172 Å². The Bertz CT molecular complexity index is 4210. The monoisotopic (exact) mass is 1330 g/mol. The van der Waals surface area contributed by atoms with Crippen molar-refractivity contribution >= 4 is 87.2 Å². The van der Waals surface area contributed by atoms with Gasteiger partial charge >= 0.3 is 0 Å². The Morgan fingerprint density at radius 3 is 0.630 bits per heavy atom. The van der Waals surface area contributed by atoms with Crippen LogP contribution in [0.25, 0.3) is 87.2 Å². The van der Waals surface area contributed by atoms with E-state index in [-0.39, 0.29) is 0 Å². The molecule has 1 aliphatic carbocycles. The van der Waals surface area contributed by atoms with Crippen LogP contribution in [0.4, 0.5) is 0 Å². The summed E-state index contributed by atoms with van der Waals surface area (Å²) in [6.45, 7) is 13.2. The van der Waals surface area contributed by atoms with Gasteiger partial charge in [-0.2, -0.15) is 0 Å². The molecule has 1 aliphatic rings. The van der Waals surface area contributed by atoms with Crippen molar-refractivity contribution in [2.45, 2.75) is 143 Å². The van der Waals surface area contributed by atoms with Crippen LogP contribution in [0.5, 0.6) is 0 Å². The van der Waals surface area contributed by atoms with Gasteiger partial charge in [-0.15, -0.1) is 0 Å². The number of benzene rings is 8. The van der Waals surface area contributed by atoms with Gasteiger partial charge in [-0.25, -0.2) is 0 Å². The average molecular weight is 1330 g/mol. The summed E-state index contributed by atoms with van der Waals surface area (Å²) >= 11 is 0. The molecule has 0 N–H and O–H groups in total. The number of hydrogen-bond acceptors (Lipinski definition) is 6. The Labute approximate surface area is 591 Å². The van der Waals surface area contributed by atoms with E-state index in [9.17, 15) is 0 Å². The van der Waals surface area contributed by atoms with E-state index in [1.54, 1.807) is 14.2 Å². The van der Waals surface area contributed by atoms with E-state index >= 15 is 0 Å². The maximum atomic E-state index is 6.16. The number of ether oxygens (including phenoxy) is 6. The molecule has 10 heteroatoms. The van der Waals surface area contributed by atoms with Gasteiger partial charge in [0.25, 0.3) is 0 Å². The first kappa shape index (κ1) is 69.4. The molecule has 100 heavy (non-hydrogen) atoms. The Balaban J connectivity index is 0.911. The summed E-state index contributed by atoms with van der Waals surface area (Å²) in [5.74, 6) is 29.1. The van der Waals surface area contributed by atoms with E-state index in [0.29, 0.717) is 79.2 Å². The summed E-state index contributed by atoms with van der Waals surface area (Å²) in [7, 11) is 3.37. The number of aromatic nitrogens is 4. The number of nitrogens with zero attached hydrogens (tertiary/aromatic N) is 4. The standard InChI is InChI=1S/C90H96N4O6/c1-5-7-9-11-13-15-17-19-45-91-83-37-29-67-21-22-68-30-38-84-76(60-68)78-62-70(32-40-86(78)92(84)46-20-18-16-14-12-10-8-6-2)24-26-72-34-42-88-80(64-72)82-66-74(36-44-90(82)94(88)48-50-98-56-58-100-54-52-96-4)28-27-73-35-43-89-81(65-73)79-63-71(25-23-69-31-39-85(91)77(61-69)75(83)59-67)33-41-87(79)93(89)47-49-97-55-57-99-53-51-95-3/h29-44,59-66H,5-20,45-58H2,1-4H3. The van der Waals surface area contributed by atoms with Gasteiger partial charge in [-0.3, -0.25) is 0 Å². The first-order chi connectivity index (χ1) is 49.5. The zero-order chi connectivity index (χ0) is 68.2. The number of aryl methyl sites for hydroxylation is 2. The van der Waals surface area contributed by atoms with Crippen molar-refractivity contribution < 1.29 is 28.4 Å². The van der Waals surface area contributed by atoms with Crippen LogP contribution in [-0.2, 0) is 54.6 Å². The summed E-state index contributed by atoms with van der Waals surface area (Å²) in [6, 6.07) is 53.7. The predicted molar refractivity (Wildman–Crippen MR) is 414 cm³/mol. The summed E-state index contributed by atoms with van der Waals surface area (Å²) in [4.78, 5) is 0. The molecule has 8 aromatic carbocycles. The van der Waals surface area contributed by atoms with Crippen molar-refractivity contribution in [2.24, 2.45) is 0 Å². The summed E-state index contributed by atoms with van der Waals surface area (Å²) in [5.41, 5.74) is 17.1. The van der Waals surface area contributed by atoms with Crippen LogP contribution in [0.15, 0.2) is 146 Å². The molecule has 0 saturated carbocycles. The lowest BCUT2D eigenvalue weighted by atomic mass is 10.0. The number of hydrogen-bond donors (Lipinski definition) is 0. The van der Waals surface area contributed by atoms with Crippen molar-refractivity contribution in [1.82, 2.24) is 18.3 Å². The second-order valence-electron chi connectivity index (χ2n) is 26.8. The fourth-order valence-electron chi connectivity index (χ4n) is 14.6. The highest BCUT2D eigenvalue weighted by Crippen LogP contribution is 2.36. The van der Waals surface area contributed by atoms with Crippen LogP contribution < -0.4 is 0 Å². The maximum Gasteiger partial charge on any atom is 0.0701 e. The third-order valence-electron chi connectivity index (χ3n) is 19.9. The van der Waals surface area contributed by atoms with E-state index in [1.807, 2.05) is 0 Å². The molecule has 16 bridgehead atoms.